The van der Waals surface area contributed by atoms with Crippen LogP contribution in [0.4, 0.5) is 0 Å². The van der Waals surface area contributed by atoms with Gasteiger partial charge in [-0.3, -0.25) is 4.79 Å². The molecule has 0 aromatic rings. The maximum atomic E-state index is 11.6. The van der Waals surface area contributed by atoms with Gasteiger partial charge in [0.05, 0.1) is 0 Å². The van der Waals surface area contributed by atoms with E-state index in [1.807, 2.05) is 0 Å². The molecule has 0 aromatic carbocycles. The summed E-state index contributed by atoms with van der Waals surface area (Å²) in [6, 6.07) is 0.551. The van der Waals surface area contributed by atoms with Crippen LogP contribution in [0.25, 0.3) is 0 Å². The van der Waals surface area contributed by atoms with Crippen LogP contribution in [-0.2, 0) is 4.79 Å². The lowest BCUT2D eigenvalue weighted by Crippen LogP contribution is -2.52. The molecule has 2 aliphatic rings. The molecule has 6 N–H and O–H groups in total. The normalized spacial score (nSPS) is 38.1. The fourth-order valence-electron chi connectivity index (χ4n) is 4.39. The molecule has 0 saturated heterocycles. The van der Waals surface area contributed by atoms with Crippen LogP contribution in [0.15, 0.2) is 0 Å². The van der Waals surface area contributed by atoms with Crippen molar-refractivity contribution in [2.75, 3.05) is 14.1 Å². The molecule has 1 radical (unpaired) electrons. The summed E-state index contributed by atoms with van der Waals surface area (Å²) in [6.07, 6.45) is 4.93. The van der Waals surface area contributed by atoms with Crippen molar-refractivity contribution >= 4 is 13.5 Å². The number of fused-ring (bicyclic) bond motifs is 1. The first-order valence-corrected chi connectivity index (χ1v) is 7.54. The highest BCUT2D eigenvalue weighted by Gasteiger charge is 2.58. The molecule has 6 nitrogen and oxygen atoms in total. The van der Waals surface area contributed by atoms with Crippen LogP contribution in [-0.4, -0.2) is 59.6 Å². The van der Waals surface area contributed by atoms with E-state index < -0.39 is 11.5 Å². The van der Waals surface area contributed by atoms with Crippen LogP contribution >= 0.6 is 0 Å². The molecule has 0 aliphatic heterocycles. The number of aliphatic carboxylic acids is 1. The first-order valence-electron chi connectivity index (χ1n) is 7.54. The SMILES string of the molecule is CN(C)[C@@H]1C[C@@H]2C[C@@](N)(C(=O)O)[C@@H](CCC[B]O)[C@@H]2C1.O. The molecule has 2 rings (SSSR count). The number of hydrogen-bond donors (Lipinski definition) is 3. The van der Waals surface area contributed by atoms with Crippen molar-refractivity contribution < 1.29 is 20.4 Å². The summed E-state index contributed by atoms with van der Waals surface area (Å²) in [5.74, 6) is 0.0370. The van der Waals surface area contributed by atoms with Gasteiger partial charge in [0.1, 0.15) is 5.54 Å². The minimum absolute atomic E-state index is 0. The molecule has 2 aliphatic carbocycles. The molecule has 2 saturated carbocycles. The predicted octanol–water partition coefficient (Wildman–Crippen LogP) is -0.270. The fraction of sp³-hybridized carbons (Fsp3) is 0.929. The minimum Gasteiger partial charge on any atom is -0.480 e. The van der Waals surface area contributed by atoms with E-state index in [1.165, 1.54) is 0 Å². The molecule has 7 heteroatoms. The minimum atomic E-state index is -1.07. The van der Waals surface area contributed by atoms with Gasteiger partial charge in [0.15, 0.2) is 0 Å². The molecule has 0 bridgehead atoms. The number of hydrogen-bond acceptors (Lipinski definition) is 4. The lowest BCUT2D eigenvalue weighted by Gasteiger charge is -2.31. The molecular formula is C14H28BN2O4. The maximum absolute atomic E-state index is 11.6. The number of nitrogens with two attached hydrogens (primary N) is 1. The lowest BCUT2D eigenvalue weighted by atomic mass is 9.77. The Labute approximate surface area is 127 Å². The Balaban J connectivity index is 0.00000220. The highest BCUT2D eigenvalue weighted by molar-refractivity contribution is 6.25. The molecule has 21 heavy (non-hydrogen) atoms. The van der Waals surface area contributed by atoms with Gasteiger partial charge in [-0.05, 0) is 57.5 Å². The van der Waals surface area contributed by atoms with Crippen molar-refractivity contribution in [3.8, 4) is 0 Å². The lowest BCUT2D eigenvalue weighted by molar-refractivity contribution is -0.145. The van der Waals surface area contributed by atoms with Gasteiger partial charge < -0.3 is 26.2 Å². The second-order valence-electron chi connectivity index (χ2n) is 6.78. The molecule has 121 valence electrons. The molecule has 0 heterocycles. The summed E-state index contributed by atoms with van der Waals surface area (Å²) in [5, 5.41) is 18.3. The van der Waals surface area contributed by atoms with Crippen molar-refractivity contribution in [3.05, 3.63) is 0 Å². The average Bonchev–Trinajstić information content (AvgIpc) is 2.87. The highest BCUT2D eigenvalue weighted by Crippen LogP contribution is 2.54. The summed E-state index contributed by atoms with van der Waals surface area (Å²) in [4.78, 5) is 13.9. The van der Waals surface area contributed by atoms with Crippen LogP contribution in [0.3, 0.4) is 0 Å². The van der Waals surface area contributed by atoms with E-state index >= 15 is 0 Å². The van der Waals surface area contributed by atoms with Crippen molar-refractivity contribution in [1.29, 1.82) is 0 Å². The third kappa shape index (κ3) is 3.42. The summed E-state index contributed by atoms with van der Waals surface area (Å²) >= 11 is 0. The fourth-order valence-corrected chi connectivity index (χ4v) is 4.39. The van der Waals surface area contributed by atoms with Crippen molar-refractivity contribution in [2.45, 2.75) is 50.0 Å². The van der Waals surface area contributed by atoms with E-state index in [-0.39, 0.29) is 11.4 Å². The van der Waals surface area contributed by atoms with Gasteiger partial charge >= 0.3 is 5.97 Å². The predicted molar refractivity (Wildman–Crippen MR) is 82.0 cm³/mol. The largest absolute Gasteiger partial charge is 0.480 e. The van der Waals surface area contributed by atoms with Crippen LogP contribution in [0.1, 0.15) is 32.1 Å². The molecule has 2 fully saturated rings. The van der Waals surface area contributed by atoms with E-state index in [0.29, 0.717) is 30.6 Å². The van der Waals surface area contributed by atoms with Gasteiger partial charge in [0, 0.05) is 6.04 Å². The van der Waals surface area contributed by atoms with E-state index in [2.05, 4.69) is 19.0 Å². The Morgan fingerprint density at radius 2 is 2.10 bits per heavy atom. The topological polar surface area (TPSA) is 118 Å². The smallest absolute Gasteiger partial charge is 0.323 e. The number of carboxylic acids is 1. The number of rotatable bonds is 6. The average molecular weight is 299 g/mol. The Hall–Kier alpha value is -0.625. The number of carboxylic acid groups (broad SMARTS) is 1. The van der Waals surface area contributed by atoms with Crippen molar-refractivity contribution in [1.82, 2.24) is 4.90 Å². The molecule has 0 unspecified atom stereocenters. The monoisotopic (exact) mass is 299 g/mol. The van der Waals surface area contributed by atoms with Crippen molar-refractivity contribution in [2.24, 2.45) is 23.5 Å². The molecular weight excluding hydrogens is 271 g/mol. The second kappa shape index (κ2) is 7.09. The van der Waals surface area contributed by atoms with E-state index in [0.717, 1.165) is 33.2 Å². The third-order valence-corrected chi connectivity index (χ3v) is 5.48. The number of nitrogens with zero attached hydrogens (tertiary/aromatic N) is 1. The second-order valence-corrected chi connectivity index (χ2v) is 6.78. The summed E-state index contributed by atoms with van der Waals surface area (Å²) in [5.41, 5.74) is 5.19. The Bertz CT molecular complexity index is 369. The summed E-state index contributed by atoms with van der Waals surface area (Å²) in [7, 11) is 5.34. The van der Waals surface area contributed by atoms with Crippen LogP contribution < -0.4 is 5.73 Å². The Morgan fingerprint density at radius 3 is 2.62 bits per heavy atom. The van der Waals surface area contributed by atoms with Crippen LogP contribution in [0, 0.1) is 17.8 Å². The van der Waals surface area contributed by atoms with Gasteiger partial charge in [0.2, 0.25) is 0 Å². The van der Waals surface area contributed by atoms with E-state index in [9.17, 15) is 9.90 Å². The quantitative estimate of drug-likeness (QED) is 0.461. The Morgan fingerprint density at radius 1 is 1.43 bits per heavy atom. The molecule has 0 aromatic heterocycles. The summed E-state index contributed by atoms with van der Waals surface area (Å²) < 4.78 is 0. The number of carbonyl (C=O) groups is 1. The Kier molecular flexibility index (Phi) is 6.22. The van der Waals surface area contributed by atoms with E-state index in [1.54, 1.807) is 0 Å². The summed E-state index contributed by atoms with van der Waals surface area (Å²) in [6.45, 7) is 0. The van der Waals surface area contributed by atoms with Gasteiger partial charge in [0.25, 0.3) is 7.48 Å². The molecule has 0 spiro atoms. The zero-order valence-electron chi connectivity index (χ0n) is 13.0. The molecule has 5 atom stereocenters. The van der Waals surface area contributed by atoms with Crippen molar-refractivity contribution in [3.63, 3.8) is 0 Å². The molecule has 0 amide bonds. The standard InChI is InChI=1S/C14H26BN2O3.H2O/c1-17(2)10-6-9-8-14(16,13(18)19)12(11(9)7-10)4-3-5-15-20;/h9-12,20H,3-8,16H2,1-2H3,(H,18,19);1H2/t9-,10-,11-,12+,14+;/m1./s1. The third-order valence-electron chi connectivity index (χ3n) is 5.48. The van der Waals surface area contributed by atoms with Gasteiger partial charge in [-0.2, -0.15) is 0 Å². The van der Waals surface area contributed by atoms with Gasteiger partial charge in [-0.15, -0.1) is 0 Å². The highest BCUT2D eigenvalue weighted by atomic mass is 16.4. The van der Waals surface area contributed by atoms with Crippen LogP contribution in [0.5, 0.6) is 0 Å². The zero-order valence-corrected chi connectivity index (χ0v) is 13.0. The maximum Gasteiger partial charge on any atom is 0.323 e. The van der Waals surface area contributed by atoms with E-state index in [4.69, 9.17) is 10.8 Å². The first-order chi connectivity index (χ1) is 9.40. The zero-order chi connectivity index (χ0) is 14.9. The van der Waals surface area contributed by atoms with Gasteiger partial charge in [-0.25, -0.2) is 0 Å². The van der Waals surface area contributed by atoms with Gasteiger partial charge in [-0.1, -0.05) is 12.7 Å². The first kappa shape index (κ1) is 18.4. The van der Waals surface area contributed by atoms with Crippen LogP contribution in [0.2, 0.25) is 6.32 Å².